The number of rotatable bonds is 4. The predicted octanol–water partition coefficient (Wildman–Crippen LogP) is 2.49. The summed E-state index contributed by atoms with van der Waals surface area (Å²) in [6, 6.07) is 9.50. The van der Waals surface area contributed by atoms with Crippen molar-refractivity contribution in [1.82, 2.24) is 0 Å². The summed E-state index contributed by atoms with van der Waals surface area (Å²) in [6.45, 7) is 1.91. The van der Waals surface area contributed by atoms with Crippen LogP contribution >= 0.6 is 0 Å². The number of hydrogen-bond donors (Lipinski definition) is 1. The molecule has 138 valence electrons. The first-order valence-electron chi connectivity index (χ1n) is 9.54. The lowest BCUT2D eigenvalue weighted by atomic mass is 10.0. The van der Waals surface area contributed by atoms with Gasteiger partial charge in [0.25, 0.3) is 0 Å². The highest BCUT2D eigenvalue weighted by molar-refractivity contribution is 5.74. The molecule has 0 spiro atoms. The van der Waals surface area contributed by atoms with E-state index < -0.39 is 0 Å². The van der Waals surface area contributed by atoms with Crippen molar-refractivity contribution in [3.05, 3.63) is 30.3 Å². The zero-order valence-electron chi connectivity index (χ0n) is 15.1. The Labute approximate surface area is 149 Å². The van der Waals surface area contributed by atoms with Crippen LogP contribution in [0.4, 0.5) is 0 Å². The van der Waals surface area contributed by atoms with Gasteiger partial charge in [-0.15, -0.1) is 0 Å². The number of esters is 1. The number of quaternary nitrogens is 1. The first-order chi connectivity index (χ1) is 12.1. The lowest BCUT2D eigenvalue weighted by Gasteiger charge is -2.33. The molecule has 0 bridgehead atoms. The average Bonchev–Trinajstić information content (AvgIpc) is 3.13. The van der Waals surface area contributed by atoms with Gasteiger partial charge < -0.3 is 19.9 Å². The maximum Gasteiger partial charge on any atom is 0.365 e. The van der Waals surface area contributed by atoms with Gasteiger partial charge in [0.1, 0.15) is 24.1 Å². The average molecular weight is 348 g/mol. The Morgan fingerprint density at radius 1 is 1.04 bits per heavy atom. The Hall–Kier alpha value is -1.59. The maximum atomic E-state index is 12.2. The number of benzene rings is 1. The van der Waals surface area contributed by atoms with Gasteiger partial charge in [0.2, 0.25) is 0 Å². The van der Waals surface area contributed by atoms with Crippen molar-refractivity contribution in [3.8, 4) is 5.75 Å². The minimum absolute atomic E-state index is 0.129. The SMILES string of the molecule is C[C@@H]1OC(=O)[C@@H]([NH3+])CCC[C@H](Oc2ccccc2)[C@H]1OC1CCCC1. The van der Waals surface area contributed by atoms with Crippen molar-refractivity contribution >= 4 is 5.97 Å². The molecule has 4 atom stereocenters. The molecule has 1 aromatic rings. The van der Waals surface area contributed by atoms with Crippen LogP contribution in [0.25, 0.3) is 0 Å². The lowest BCUT2D eigenvalue weighted by molar-refractivity contribution is -0.410. The van der Waals surface area contributed by atoms with Gasteiger partial charge in [-0.2, -0.15) is 0 Å². The minimum Gasteiger partial charge on any atom is -0.488 e. The molecule has 3 N–H and O–H groups in total. The molecule has 3 rings (SSSR count). The van der Waals surface area contributed by atoms with Crippen LogP contribution in [0.5, 0.6) is 5.75 Å². The molecule has 0 aromatic heterocycles. The standard InChI is InChI=1S/C20H29NO4/c1-14-19(25-16-10-5-6-11-16)18(24-15-8-3-2-4-9-15)13-7-12-17(21)20(22)23-14/h2-4,8-9,14,16-19H,5-7,10-13,21H2,1H3/p+1/t14-,17-,18-,19-/m0/s1. The zero-order chi connectivity index (χ0) is 17.6. The van der Waals surface area contributed by atoms with E-state index in [0.717, 1.165) is 37.9 Å². The van der Waals surface area contributed by atoms with E-state index in [9.17, 15) is 4.79 Å². The largest absolute Gasteiger partial charge is 0.488 e. The van der Waals surface area contributed by atoms with Gasteiger partial charge in [-0.3, -0.25) is 0 Å². The van der Waals surface area contributed by atoms with Crippen LogP contribution in [-0.4, -0.2) is 36.4 Å². The third-order valence-electron chi connectivity index (χ3n) is 5.19. The summed E-state index contributed by atoms with van der Waals surface area (Å²) in [5, 5.41) is 0. The third-order valence-corrected chi connectivity index (χ3v) is 5.19. The molecule has 0 amide bonds. The second-order valence-electron chi connectivity index (χ2n) is 7.25. The van der Waals surface area contributed by atoms with Gasteiger partial charge in [0, 0.05) is 6.42 Å². The van der Waals surface area contributed by atoms with Crippen LogP contribution in [0.3, 0.4) is 0 Å². The molecule has 0 unspecified atom stereocenters. The van der Waals surface area contributed by atoms with E-state index in [0.29, 0.717) is 0 Å². The highest BCUT2D eigenvalue weighted by Gasteiger charge is 2.37. The highest BCUT2D eigenvalue weighted by atomic mass is 16.6. The van der Waals surface area contributed by atoms with E-state index in [4.69, 9.17) is 14.2 Å². The van der Waals surface area contributed by atoms with E-state index in [2.05, 4.69) is 5.73 Å². The molecular formula is C20H30NO4+. The molecule has 1 saturated carbocycles. The molecule has 0 radical (unpaired) electrons. The van der Waals surface area contributed by atoms with E-state index in [1.807, 2.05) is 37.3 Å². The molecule has 1 aliphatic carbocycles. The van der Waals surface area contributed by atoms with Crippen LogP contribution in [0.15, 0.2) is 30.3 Å². The van der Waals surface area contributed by atoms with Crippen molar-refractivity contribution in [2.45, 2.75) is 82.3 Å². The zero-order valence-corrected chi connectivity index (χ0v) is 15.1. The molecule has 5 nitrogen and oxygen atoms in total. The Balaban J connectivity index is 1.78. The van der Waals surface area contributed by atoms with E-state index in [-0.39, 0.29) is 36.4 Å². The second-order valence-corrected chi connectivity index (χ2v) is 7.25. The quantitative estimate of drug-likeness (QED) is 0.849. The Kier molecular flexibility index (Phi) is 6.32. The fourth-order valence-electron chi connectivity index (χ4n) is 3.74. The number of carbonyl (C=O) groups is 1. The number of cyclic esters (lactones) is 1. The first-order valence-corrected chi connectivity index (χ1v) is 9.54. The monoisotopic (exact) mass is 348 g/mol. The van der Waals surface area contributed by atoms with Crippen LogP contribution in [0.1, 0.15) is 51.9 Å². The van der Waals surface area contributed by atoms with Crippen LogP contribution in [0.2, 0.25) is 0 Å². The van der Waals surface area contributed by atoms with Crippen molar-refractivity contribution in [1.29, 1.82) is 0 Å². The smallest absolute Gasteiger partial charge is 0.365 e. The van der Waals surface area contributed by atoms with Gasteiger partial charge in [-0.1, -0.05) is 31.0 Å². The van der Waals surface area contributed by atoms with Gasteiger partial charge in [0.15, 0.2) is 6.04 Å². The van der Waals surface area contributed by atoms with Gasteiger partial charge in [0.05, 0.1) is 6.10 Å². The highest BCUT2D eigenvalue weighted by Crippen LogP contribution is 2.28. The van der Waals surface area contributed by atoms with E-state index in [1.54, 1.807) is 0 Å². The van der Waals surface area contributed by atoms with E-state index in [1.165, 1.54) is 12.8 Å². The molecule has 25 heavy (non-hydrogen) atoms. The second kappa shape index (κ2) is 8.68. The van der Waals surface area contributed by atoms with Crippen molar-refractivity contribution in [2.75, 3.05) is 0 Å². The molecular weight excluding hydrogens is 318 g/mol. The minimum atomic E-state index is -0.343. The molecule has 1 aliphatic heterocycles. The summed E-state index contributed by atoms with van der Waals surface area (Å²) < 4.78 is 18.3. The van der Waals surface area contributed by atoms with Crippen LogP contribution in [-0.2, 0) is 14.3 Å². The molecule has 1 aromatic carbocycles. The topological polar surface area (TPSA) is 72.4 Å². The van der Waals surface area contributed by atoms with Gasteiger partial charge in [-0.25, -0.2) is 4.79 Å². The maximum absolute atomic E-state index is 12.2. The number of para-hydroxylation sites is 1. The summed E-state index contributed by atoms with van der Waals surface area (Å²) in [5.41, 5.74) is 3.94. The van der Waals surface area contributed by atoms with Crippen LogP contribution in [0, 0.1) is 0 Å². The Bertz CT molecular complexity index is 544. The molecule has 2 fully saturated rings. The summed E-state index contributed by atoms with van der Waals surface area (Å²) in [7, 11) is 0. The number of carbonyl (C=O) groups excluding carboxylic acids is 1. The molecule has 5 heteroatoms. The molecule has 1 saturated heterocycles. The number of ether oxygens (including phenoxy) is 3. The van der Waals surface area contributed by atoms with Gasteiger partial charge >= 0.3 is 5.97 Å². The summed E-state index contributed by atoms with van der Waals surface area (Å²) in [4.78, 5) is 12.2. The summed E-state index contributed by atoms with van der Waals surface area (Å²) in [5.74, 6) is 0.601. The third kappa shape index (κ3) is 4.95. The predicted molar refractivity (Wildman–Crippen MR) is 94.1 cm³/mol. The van der Waals surface area contributed by atoms with Crippen molar-refractivity contribution < 1.29 is 24.7 Å². The number of hydrogen-bond acceptors (Lipinski definition) is 4. The Morgan fingerprint density at radius 2 is 1.76 bits per heavy atom. The fraction of sp³-hybridized carbons (Fsp3) is 0.650. The lowest BCUT2D eigenvalue weighted by Crippen LogP contribution is -2.65. The van der Waals surface area contributed by atoms with Crippen LogP contribution < -0.4 is 10.5 Å². The molecule has 2 aliphatic rings. The van der Waals surface area contributed by atoms with Crippen molar-refractivity contribution in [3.63, 3.8) is 0 Å². The first kappa shape index (κ1) is 18.2. The summed E-state index contributed by atoms with van der Waals surface area (Å²) in [6.07, 6.45) is 6.50. The summed E-state index contributed by atoms with van der Waals surface area (Å²) >= 11 is 0. The fourth-order valence-corrected chi connectivity index (χ4v) is 3.74. The van der Waals surface area contributed by atoms with Gasteiger partial charge in [-0.05, 0) is 44.7 Å². The van der Waals surface area contributed by atoms with Crippen molar-refractivity contribution in [2.24, 2.45) is 0 Å². The Morgan fingerprint density at radius 3 is 2.48 bits per heavy atom. The van der Waals surface area contributed by atoms with E-state index >= 15 is 0 Å². The molecule has 1 heterocycles. The normalized spacial score (nSPS) is 31.7.